The third kappa shape index (κ3) is 3.12. The minimum Gasteiger partial charge on any atom is -0.454 e. The number of anilines is 1. The van der Waals surface area contributed by atoms with Crippen molar-refractivity contribution in [3.8, 4) is 22.6 Å². The average Bonchev–Trinajstić information content (AvgIpc) is 3.40. The maximum Gasteiger partial charge on any atom is 0.236 e. The summed E-state index contributed by atoms with van der Waals surface area (Å²) in [6.07, 6.45) is 3.36. The standard InChI is InChI=1S/C23H19ClN2O3/c1-14-10-21(25-12-17(14)16-4-2-3-5-18(16)24)26-22(27)23(8-9-23)15-6-7-19-20(11-15)29-13-28-19/h2-7,10-12H,8-9,13H2,1H3,(H,25,26,27). The minimum atomic E-state index is -0.530. The second-order valence-electron chi connectivity index (χ2n) is 7.47. The van der Waals surface area contributed by atoms with Crippen LogP contribution in [0.3, 0.4) is 0 Å². The minimum absolute atomic E-state index is 0.0474. The van der Waals surface area contributed by atoms with Crippen LogP contribution in [0.15, 0.2) is 54.7 Å². The number of carbonyl (C=O) groups excluding carboxylic acids is 1. The van der Waals surface area contributed by atoms with Crippen LogP contribution >= 0.6 is 11.6 Å². The third-order valence-electron chi connectivity index (χ3n) is 5.63. The Bertz CT molecular complexity index is 1120. The SMILES string of the molecule is Cc1cc(NC(=O)C2(c3ccc4c(c3)OCO4)CC2)ncc1-c1ccccc1Cl. The van der Waals surface area contributed by atoms with E-state index in [0.29, 0.717) is 16.6 Å². The first-order chi connectivity index (χ1) is 14.1. The lowest BCUT2D eigenvalue weighted by Gasteiger charge is -2.17. The number of aryl methyl sites for hydroxylation is 1. The number of ether oxygens (including phenoxy) is 2. The van der Waals surface area contributed by atoms with E-state index in [1.807, 2.05) is 55.5 Å². The first kappa shape index (κ1) is 18.0. The molecule has 1 aliphatic carbocycles. The van der Waals surface area contributed by atoms with Crippen molar-refractivity contribution in [3.63, 3.8) is 0 Å². The first-order valence-corrected chi connectivity index (χ1v) is 9.88. The third-order valence-corrected chi connectivity index (χ3v) is 5.96. The first-order valence-electron chi connectivity index (χ1n) is 9.50. The highest BCUT2D eigenvalue weighted by molar-refractivity contribution is 6.33. The van der Waals surface area contributed by atoms with E-state index in [1.54, 1.807) is 6.20 Å². The maximum atomic E-state index is 13.1. The largest absolute Gasteiger partial charge is 0.454 e. The summed E-state index contributed by atoms with van der Waals surface area (Å²) in [4.78, 5) is 17.5. The molecular weight excluding hydrogens is 388 g/mol. The molecule has 2 aromatic carbocycles. The lowest BCUT2D eigenvalue weighted by Crippen LogP contribution is -2.28. The molecule has 6 heteroatoms. The number of pyridine rings is 1. The van der Waals surface area contributed by atoms with E-state index in [-0.39, 0.29) is 12.7 Å². The van der Waals surface area contributed by atoms with Gasteiger partial charge in [0.1, 0.15) is 5.82 Å². The van der Waals surface area contributed by atoms with Crippen molar-refractivity contribution in [3.05, 3.63) is 70.9 Å². The summed E-state index contributed by atoms with van der Waals surface area (Å²) < 4.78 is 10.8. The van der Waals surface area contributed by atoms with Gasteiger partial charge in [-0.05, 0) is 55.2 Å². The normalized spacial score (nSPS) is 15.8. The zero-order valence-electron chi connectivity index (χ0n) is 15.9. The van der Waals surface area contributed by atoms with Crippen LogP contribution < -0.4 is 14.8 Å². The van der Waals surface area contributed by atoms with Gasteiger partial charge in [-0.3, -0.25) is 4.79 Å². The molecule has 5 rings (SSSR count). The smallest absolute Gasteiger partial charge is 0.236 e. The number of aromatic nitrogens is 1. The van der Waals surface area contributed by atoms with Crippen molar-refractivity contribution in [2.24, 2.45) is 0 Å². The van der Waals surface area contributed by atoms with Crippen LogP contribution in [0.4, 0.5) is 5.82 Å². The van der Waals surface area contributed by atoms with Gasteiger partial charge in [0, 0.05) is 22.3 Å². The fourth-order valence-electron chi connectivity index (χ4n) is 3.79. The molecule has 3 aromatic rings. The Balaban J connectivity index is 1.38. The van der Waals surface area contributed by atoms with Gasteiger partial charge in [0.25, 0.3) is 0 Å². The van der Waals surface area contributed by atoms with Crippen molar-refractivity contribution in [1.82, 2.24) is 4.98 Å². The van der Waals surface area contributed by atoms with Gasteiger partial charge in [-0.25, -0.2) is 4.98 Å². The Morgan fingerprint density at radius 3 is 2.62 bits per heavy atom. The number of hydrogen-bond acceptors (Lipinski definition) is 4. The molecule has 1 aliphatic heterocycles. The molecule has 0 saturated heterocycles. The van der Waals surface area contributed by atoms with Crippen LogP contribution in [-0.4, -0.2) is 17.7 Å². The molecule has 2 heterocycles. The Hall–Kier alpha value is -3.05. The van der Waals surface area contributed by atoms with Crippen LogP contribution in [0.25, 0.3) is 11.1 Å². The van der Waals surface area contributed by atoms with Gasteiger partial charge in [-0.1, -0.05) is 35.9 Å². The quantitative estimate of drug-likeness (QED) is 0.654. The Kier molecular flexibility index (Phi) is 4.21. The molecule has 0 unspecified atom stereocenters. The zero-order valence-corrected chi connectivity index (χ0v) is 16.6. The van der Waals surface area contributed by atoms with Gasteiger partial charge in [-0.2, -0.15) is 0 Å². The van der Waals surface area contributed by atoms with Gasteiger partial charge in [0.05, 0.1) is 5.41 Å². The number of hydrogen-bond donors (Lipinski definition) is 1. The molecule has 2 aliphatic rings. The van der Waals surface area contributed by atoms with Crippen LogP contribution in [0.1, 0.15) is 24.0 Å². The van der Waals surface area contributed by atoms with E-state index in [1.165, 1.54) is 0 Å². The molecule has 1 amide bonds. The molecule has 1 aromatic heterocycles. The van der Waals surface area contributed by atoms with E-state index in [2.05, 4.69) is 10.3 Å². The summed E-state index contributed by atoms with van der Waals surface area (Å²) in [6, 6.07) is 15.3. The molecule has 0 spiro atoms. The van der Waals surface area contributed by atoms with Crippen molar-refractivity contribution in [1.29, 1.82) is 0 Å². The van der Waals surface area contributed by atoms with Gasteiger partial charge in [0.2, 0.25) is 12.7 Å². The fourth-order valence-corrected chi connectivity index (χ4v) is 4.03. The number of fused-ring (bicyclic) bond motifs is 1. The van der Waals surface area contributed by atoms with Gasteiger partial charge >= 0.3 is 0 Å². The summed E-state index contributed by atoms with van der Waals surface area (Å²) in [5.41, 5.74) is 3.29. The van der Waals surface area contributed by atoms with E-state index in [9.17, 15) is 4.79 Å². The van der Waals surface area contributed by atoms with Crippen molar-refractivity contribution < 1.29 is 14.3 Å². The zero-order chi connectivity index (χ0) is 20.0. The maximum absolute atomic E-state index is 13.1. The molecule has 1 N–H and O–H groups in total. The van der Waals surface area contributed by atoms with Gasteiger partial charge in [-0.15, -0.1) is 0 Å². The van der Waals surface area contributed by atoms with Gasteiger partial charge < -0.3 is 14.8 Å². The van der Waals surface area contributed by atoms with Crippen molar-refractivity contribution in [2.75, 3.05) is 12.1 Å². The van der Waals surface area contributed by atoms with Crippen LogP contribution in [0.2, 0.25) is 5.02 Å². The number of halogens is 1. The number of benzene rings is 2. The van der Waals surface area contributed by atoms with Crippen molar-refractivity contribution >= 4 is 23.3 Å². The van der Waals surface area contributed by atoms with Crippen LogP contribution in [0, 0.1) is 6.92 Å². The number of rotatable bonds is 4. The van der Waals surface area contributed by atoms with Crippen LogP contribution in [0.5, 0.6) is 11.5 Å². The molecule has 146 valence electrons. The second kappa shape index (κ2) is 6.78. The fraction of sp³-hybridized carbons (Fsp3) is 0.217. The molecule has 5 nitrogen and oxygen atoms in total. The lowest BCUT2D eigenvalue weighted by atomic mass is 9.94. The number of carbonyl (C=O) groups is 1. The highest BCUT2D eigenvalue weighted by atomic mass is 35.5. The highest BCUT2D eigenvalue weighted by Gasteiger charge is 2.51. The summed E-state index contributed by atoms with van der Waals surface area (Å²) >= 11 is 6.31. The summed E-state index contributed by atoms with van der Waals surface area (Å²) in [5, 5.41) is 3.66. The topological polar surface area (TPSA) is 60.5 Å². The van der Waals surface area contributed by atoms with Crippen LogP contribution in [-0.2, 0) is 10.2 Å². The molecular formula is C23H19ClN2O3. The number of amides is 1. The van der Waals surface area contributed by atoms with Crippen molar-refractivity contribution in [2.45, 2.75) is 25.2 Å². The molecule has 0 bridgehead atoms. The predicted molar refractivity (Wildman–Crippen MR) is 112 cm³/mol. The molecule has 1 fully saturated rings. The predicted octanol–water partition coefficient (Wildman–Crippen LogP) is 5.11. The summed E-state index contributed by atoms with van der Waals surface area (Å²) in [5.74, 6) is 1.90. The van der Waals surface area contributed by atoms with E-state index < -0.39 is 5.41 Å². The average molecular weight is 407 g/mol. The van der Waals surface area contributed by atoms with E-state index in [0.717, 1.165) is 40.8 Å². The number of nitrogens with zero attached hydrogens (tertiary/aromatic N) is 1. The van der Waals surface area contributed by atoms with Gasteiger partial charge in [0.15, 0.2) is 11.5 Å². The lowest BCUT2D eigenvalue weighted by molar-refractivity contribution is -0.118. The Morgan fingerprint density at radius 1 is 1.07 bits per heavy atom. The molecule has 0 atom stereocenters. The second-order valence-corrected chi connectivity index (χ2v) is 7.88. The molecule has 0 radical (unpaired) electrons. The Morgan fingerprint density at radius 2 is 1.86 bits per heavy atom. The molecule has 1 saturated carbocycles. The highest BCUT2D eigenvalue weighted by Crippen LogP contribution is 2.51. The number of nitrogens with one attached hydrogen (secondary N) is 1. The Labute approximate surface area is 173 Å². The summed E-state index contributed by atoms with van der Waals surface area (Å²) in [7, 11) is 0. The molecule has 29 heavy (non-hydrogen) atoms. The summed E-state index contributed by atoms with van der Waals surface area (Å²) in [6.45, 7) is 2.21. The van der Waals surface area contributed by atoms with E-state index in [4.69, 9.17) is 21.1 Å². The van der Waals surface area contributed by atoms with E-state index >= 15 is 0 Å². The monoisotopic (exact) mass is 406 g/mol.